The van der Waals surface area contributed by atoms with Crippen molar-refractivity contribution in [2.45, 2.75) is 18.2 Å². The normalized spacial score (nSPS) is 13.5. The van der Waals surface area contributed by atoms with E-state index in [0.717, 1.165) is 15.8 Å². The van der Waals surface area contributed by atoms with Crippen molar-refractivity contribution in [1.29, 1.82) is 0 Å². The van der Waals surface area contributed by atoms with Crippen LogP contribution in [0.1, 0.15) is 12.0 Å². The van der Waals surface area contributed by atoms with Crippen LogP contribution in [0.15, 0.2) is 41.3 Å². The molecule has 0 saturated carbocycles. The Morgan fingerprint density at radius 1 is 1.18 bits per heavy atom. The molecule has 146 valence electrons. The molecule has 3 aromatic rings. The number of sulfone groups is 1. The zero-order valence-corrected chi connectivity index (χ0v) is 16.7. The van der Waals surface area contributed by atoms with E-state index in [9.17, 15) is 13.2 Å². The third-order valence-corrected chi connectivity index (χ3v) is 6.99. The molecule has 4 rings (SSSR count). The number of hydrogen-bond acceptors (Lipinski definition) is 7. The number of aromatic nitrogens is 1. The number of amides is 1. The summed E-state index contributed by atoms with van der Waals surface area (Å²) in [5, 5.41) is 3.16. The van der Waals surface area contributed by atoms with E-state index in [1.807, 2.05) is 25.1 Å². The van der Waals surface area contributed by atoms with Crippen LogP contribution in [0.3, 0.4) is 0 Å². The van der Waals surface area contributed by atoms with Crippen molar-refractivity contribution in [1.82, 2.24) is 4.98 Å². The summed E-state index contributed by atoms with van der Waals surface area (Å²) < 4.78 is 36.9. The van der Waals surface area contributed by atoms with E-state index in [1.165, 1.54) is 23.5 Å². The molecule has 28 heavy (non-hydrogen) atoms. The van der Waals surface area contributed by atoms with Crippen molar-refractivity contribution in [3.05, 3.63) is 42.0 Å². The summed E-state index contributed by atoms with van der Waals surface area (Å²) in [7, 11) is -3.63. The van der Waals surface area contributed by atoms with Gasteiger partial charge in [-0.05, 0) is 30.7 Å². The summed E-state index contributed by atoms with van der Waals surface area (Å²) in [5.41, 5.74) is 1.86. The van der Waals surface area contributed by atoms with Crippen LogP contribution in [0, 0.1) is 6.92 Å². The number of nitrogens with one attached hydrogen (secondary N) is 1. The Hall–Kier alpha value is -2.65. The molecule has 2 heterocycles. The highest BCUT2D eigenvalue weighted by molar-refractivity contribution is 7.91. The van der Waals surface area contributed by atoms with Crippen LogP contribution in [0.4, 0.5) is 5.13 Å². The number of nitrogens with zero attached hydrogens (tertiary/aromatic N) is 1. The van der Waals surface area contributed by atoms with Crippen LogP contribution in [-0.2, 0) is 14.6 Å². The molecular formula is C19H18N2O5S2. The Morgan fingerprint density at radius 2 is 1.96 bits per heavy atom. The van der Waals surface area contributed by atoms with Crippen LogP contribution < -0.4 is 14.8 Å². The number of rotatable bonds is 5. The number of carbonyl (C=O) groups excluding carboxylic acids is 1. The highest BCUT2D eigenvalue weighted by Gasteiger charge is 2.21. The van der Waals surface area contributed by atoms with Gasteiger partial charge in [0.25, 0.3) is 0 Å². The van der Waals surface area contributed by atoms with Gasteiger partial charge < -0.3 is 14.8 Å². The highest BCUT2D eigenvalue weighted by Crippen LogP contribution is 2.33. The van der Waals surface area contributed by atoms with E-state index < -0.39 is 15.7 Å². The lowest BCUT2D eigenvalue weighted by molar-refractivity contribution is -0.115. The van der Waals surface area contributed by atoms with Crippen molar-refractivity contribution in [3.8, 4) is 11.5 Å². The number of aryl methyl sites for hydroxylation is 1. The van der Waals surface area contributed by atoms with Crippen LogP contribution >= 0.6 is 11.3 Å². The van der Waals surface area contributed by atoms with Gasteiger partial charge in [-0.2, -0.15) is 0 Å². The van der Waals surface area contributed by atoms with E-state index in [4.69, 9.17) is 9.47 Å². The molecule has 0 unspecified atom stereocenters. The molecule has 1 aliphatic rings. The molecule has 0 bridgehead atoms. The molecule has 2 aromatic carbocycles. The zero-order valence-electron chi connectivity index (χ0n) is 15.1. The number of anilines is 1. The first-order valence-electron chi connectivity index (χ1n) is 8.71. The molecule has 0 saturated heterocycles. The maximum atomic E-state index is 12.6. The number of carbonyl (C=O) groups is 1. The van der Waals surface area contributed by atoms with Crippen molar-refractivity contribution in [2.75, 3.05) is 24.3 Å². The van der Waals surface area contributed by atoms with Gasteiger partial charge in [0, 0.05) is 12.5 Å². The van der Waals surface area contributed by atoms with Gasteiger partial charge in [0.2, 0.25) is 5.91 Å². The summed E-state index contributed by atoms with van der Waals surface area (Å²) >= 11 is 1.36. The van der Waals surface area contributed by atoms with Gasteiger partial charge in [-0.25, -0.2) is 13.4 Å². The Morgan fingerprint density at radius 3 is 2.75 bits per heavy atom. The minimum atomic E-state index is -3.63. The number of ether oxygens (including phenoxy) is 2. The number of thiazole rings is 1. The number of fused-ring (bicyclic) bond motifs is 2. The molecule has 1 aliphatic heterocycles. The summed E-state index contributed by atoms with van der Waals surface area (Å²) in [6.07, 6.45) is -0.161. The first kappa shape index (κ1) is 18.7. The summed E-state index contributed by atoms with van der Waals surface area (Å²) in [6, 6.07) is 10.3. The SMILES string of the molecule is Cc1cccc2sc(NC(=O)CCS(=O)(=O)c3ccc4c(c3)OCCO4)nc12. The molecule has 1 aromatic heterocycles. The number of para-hydroxylation sites is 1. The van der Waals surface area contributed by atoms with Crippen LogP contribution in [0.2, 0.25) is 0 Å². The average molecular weight is 418 g/mol. The first-order valence-corrected chi connectivity index (χ1v) is 11.2. The topological polar surface area (TPSA) is 94.6 Å². The third-order valence-electron chi connectivity index (χ3n) is 4.34. The fourth-order valence-electron chi connectivity index (χ4n) is 2.88. The number of benzene rings is 2. The average Bonchev–Trinajstić information content (AvgIpc) is 3.10. The Balaban J connectivity index is 1.42. The maximum absolute atomic E-state index is 12.6. The Labute approximate surface area is 166 Å². The second-order valence-electron chi connectivity index (χ2n) is 6.36. The summed E-state index contributed by atoms with van der Waals surface area (Å²) in [5.74, 6) is 0.232. The minimum absolute atomic E-state index is 0.111. The fourth-order valence-corrected chi connectivity index (χ4v) is 5.10. The predicted octanol–water partition coefficient (Wildman–Crippen LogP) is 3.18. The molecular weight excluding hydrogens is 400 g/mol. The van der Waals surface area contributed by atoms with Gasteiger partial charge in [-0.3, -0.25) is 4.79 Å². The van der Waals surface area contributed by atoms with E-state index in [1.54, 1.807) is 6.07 Å². The van der Waals surface area contributed by atoms with Crippen molar-refractivity contribution >= 4 is 42.4 Å². The van der Waals surface area contributed by atoms with Gasteiger partial charge in [0.1, 0.15) is 13.2 Å². The molecule has 0 atom stereocenters. The van der Waals surface area contributed by atoms with E-state index >= 15 is 0 Å². The number of hydrogen-bond donors (Lipinski definition) is 1. The monoisotopic (exact) mass is 418 g/mol. The van der Waals surface area contributed by atoms with E-state index in [0.29, 0.717) is 29.8 Å². The molecule has 0 radical (unpaired) electrons. The highest BCUT2D eigenvalue weighted by atomic mass is 32.2. The standard InChI is InChI=1S/C19H18N2O5S2/c1-12-3-2-4-16-18(12)21-19(27-16)20-17(22)7-10-28(23,24)13-5-6-14-15(11-13)26-9-8-25-14/h2-6,11H,7-10H2,1H3,(H,20,21,22). The molecule has 0 fully saturated rings. The first-order chi connectivity index (χ1) is 13.4. The molecule has 1 amide bonds. The predicted molar refractivity (Wildman–Crippen MR) is 107 cm³/mol. The second-order valence-corrected chi connectivity index (χ2v) is 9.50. The van der Waals surface area contributed by atoms with Crippen molar-refractivity contribution < 1.29 is 22.7 Å². The lowest BCUT2D eigenvalue weighted by Crippen LogP contribution is -2.18. The van der Waals surface area contributed by atoms with Crippen molar-refractivity contribution in [2.24, 2.45) is 0 Å². The summed E-state index contributed by atoms with van der Waals surface area (Å²) in [4.78, 5) is 16.8. The Bertz CT molecular complexity index is 1150. The molecule has 9 heteroatoms. The van der Waals surface area contributed by atoms with Gasteiger partial charge in [0.05, 0.1) is 20.9 Å². The second kappa shape index (κ2) is 7.40. The van der Waals surface area contributed by atoms with Crippen LogP contribution in [0.5, 0.6) is 11.5 Å². The van der Waals surface area contributed by atoms with Crippen LogP contribution in [-0.4, -0.2) is 38.3 Å². The van der Waals surface area contributed by atoms with Crippen molar-refractivity contribution in [3.63, 3.8) is 0 Å². The molecule has 0 aliphatic carbocycles. The molecule has 0 spiro atoms. The smallest absolute Gasteiger partial charge is 0.227 e. The van der Waals surface area contributed by atoms with Gasteiger partial charge in [0.15, 0.2) is 26.5 Å². The largest absolute Gasteiger partial charge is 0.486 e. The molecule has 1 N–H and O–H groups in total. The maximum Gasteiger partial charge on any atom is 0.227 e. The van der Waals surface area contributed by atoms with Gasteiger partial charge >= 0.3 is 0 Å². The quantitative estimate of drug-likeness (QED) is 0.684. The third kappa shape index (κ3) is 3.81. The summed E-state index contributed by atoms with van der Waals surface area (Å²) in [6.45, 7) is 2.76. The molecule has 7 nitrogen and oxygen atoms in total. The lowest BCUT2D eigenvalue weighted by atomic mass is 10.2. The van der Waals surface area contributed by atoms with Gasteiger partial charge in [-0.1, -0.05) is 23.5 Å². The lowest BCUT2D eigenvalue weighted by Gasteiger charge is -2.18. The van der Waals surface area contributed by atoms with Crippen LogP contribution in [0.25, 0.3) is 10.2 Å². The fraction of sp³-hybridized carbons (Fsp3) is 0.263. The van der Waals surface area contributed by atoms with E-state index in [-0.39, 0.29) is 17.1 Å². The van der Waals surface area contributed by atoms with Gasteiger partial charge in [-0.15, -0.1) is 0 Å². The minimum Gasteiger partial charge on any atom is -0.486 e. The van der Waals surface area contributed by atoms with E-state index in [2.05, 4.69) is 10.3 Å². The Kier molecular flexibility index (Phi) is 4.94. The zero-order chi connectivity index (χ0) is 19.7.